The summed E-state index contributed by atoms with van der Waals surface area (Å²) in [4.78, 5) is 0. The maximum absolute atomic E-state index is 5.28. The molecule has 0 aliphatic carbocycles. The standard InChI is InChI=1S/C13H18O/c1-2-11(9-13-10-14-13)8-12-6-4-3-5-7-12/h3-7,11,13H,2,8-10H2,1H3. The molecule has 1 aromatic carbocycles. The van der Waals surface area contributed by atoms with Gasteiger partial charge in [0, 0.05) is 0 Å². The molecule has 0 radical (unpaired) electrons. The van der Waals surface area contributed by atoms with Gasteiger partial charge >= 0.3 is 0 Å². The zero-order chi connectivity index (χ0) is 9.80. The number of ether oxygens (including phenoxy) is 1. The van der Waals surface area contributed by atoms with E-state index in [1.54, 1.807) is 0 Å². The zero-order valence-corrected chi connectivity index (χ0v) is 8.78. The lowest BCUT2D eigenvalue weighted by Crippen LogP contribution is -2.06. The van der Waals surface area contributed by atoms with Gasteiger partial charge in [-0.05, 0) is 24.3 Å². The molecule has 2 atom stereocenters. The summed E-state index contributed by atoms with van der Waals surface area (Å²) in [6.45, 7) is 3.27. The highest BCUT2D eigenvalue weighted by molar-refractivity contribution is 5.15. The highest BCUT2D eigenvalue weighted by Gasteiger charge is 2.25. The first-order valence-electron chi connectivity index (χ1n) is 5.54. The molecule has 1 fully saturated rings. The fraction of sp³-hybridized carbons (Fsp3) is 0.538. The third kappa shape index (κ3) is 2.85. The van der Waals surface area contributed by atoms with Crippen molar-refractivity contribution < 1.29 is 4.74 Å². The lowest BCUT2D eigenvalue weighted by Gasteiger charge is -2.12. The Morgan fingerprint density at radius 2 is 2.07 bits per heavy atom. The summed E-state index contributed by atoms with van der Waals surface area (Å²) >= 11 is 0. The lowest BCUT2D eigenvalue weighted by molar-refractivity contribution is 0.345. The Hall–Kier alpha value is -0.820. The minimum absolute atomic E-state index is 0.573. The van der Waals surface area contributed by atoms with Gasteiger partial charge in [0.2, 0.25) is 0 Å². The van der Waals surface area contributed by atoms with Gasteiger partial charge in [-0.1, -0.05) is 43.7 Å². The van der Waals surface area contributed by atoms with Gasteiger partial charge in [-0.2, -0.15) is 0 Å². The number of epoxide rings is 1. The fourth-order valence-electron chi connectivity index (χ4n) is 1.92. The summed E-state index contributed by atoms with van der Waals surface area (Å²) in [5, 5.41) is 0. The molecule has 1 aliphatic rings. The van der Waals surface area contributed by atoms with Crippen LogP contribution in [-0.4, -0.2) is 12.7 Å². The number of benzene rings is 1. The molecular formula is C13H18O. The maximum Gasteiger partial charge on any atom is 0.0812 e. The fourth-order valence-corrected chi connectivity index (χ4v) is 1.92. The first-order chi connectivity index (χ1) is 6.88. The predicted molar refractivity (Wildman–Crippen MR) is 58.3 cm³/mol. The Morgan fingerprint density at radius 1 is 1.36 bits per heavy atom. The SMILES string of the molecule is CCC(Cc1ccccc1)CC1CO1. The van der Waals surface area contributed by atoms with Crippen molar-refractivity contribution in [2.45, 2.75) is 32.3 Å². The van der Waals surface area contributed by atoms with Gasteiger partial charge in [-0.3, -0.25) is 0 Å². The van der Waals surface area contributed by atoms with E-state index in [0.717, 1.165) is 12.5 Å². The molecule has 0 spiro atoms. The van der Waals surface area contributed by atoms with Crippen molar-refractivity contribution in [3.63, 3.8) is 0 Å². The Kier molecular flexibility index (Phi) is 3.20. The van der Waals surface area contributed by atoms with E-state index in [1.165, 1.54) is 24.8 Å². The molecule has 1 aromatic rings. The number of hydrogen-bond acceptors (Lipinski definition) is 1. The predicted octanol–water partition coefficient (Wildman–Crippen LogP) is 3.04. The van der Waals surface area contributed by atoms with Gasteiger partial charge in [0.25, 0.3) is 0 Å². The zero-order valence-electron chi connectivity index (χ0n) is 8.78. The van der Waals surface area contributed by atoms with Gasteiger partial charge in [0.05, 0.1) is 12.7 Å². The number of hydrogen-bond donors (Lipinski definition) is 0. The molecule has 0 aromatic heterocycles. The van der Waals surface area contributed by atoms with Gasteiger partial charge in [-0.15, -0.1) is 0 Å². The molecule has 1 heteroatoms. The van der Waals surface area contributed by atoms with Crippen molar-refractivity contribution in [2.24, 2.45) is 5.92 Å². The molecular weight excluding hydrogens is 172 g/mol. The van der Waals surface area contributed by atoms with Crippen LogP contribution in [0, 0.1) is 5.92 Å². The second kappa shape index (κ2) is 4.61. The quantitative estimate of drug-likeness (QED) is 0.650. The van der Waals surface area contributed by atoms with E-state index in [1.807, 2.05) is 0 Å². The topological polar surface area (TPSA) is 12.5 Å². The van der Waals surface area contributed by atoms with Crippen LogP contribution in [0.1, 0.15) is 25.3 Å². The van der Waals surface area contributed by atoms with Crippen molar-refractivity contribution in [2.75, 3.05) is 6.61 Å². The molecule has 0 bridgehead atoms. The van der Waals surface area contributed by atoms with E-state index < -0.39 is 0 Å². The van der Waals surface area contributed by atoms with Crippen molar-refractivity contribution in [1.82, 2.24) is 0 Å². The minimum atomic E-state index is 0.573. The van der Waals surface area contributed by atoms with Gasteiger partial charge in [0.1, 0.15) is 0 Å². The average molecular weight is 190 g/mol. The van der Waals surface area contributed by atoms with Crippen molar-refractivity contribution in [3.8, 4) is 0 Å². The van der Waals surface area contributed by atoms with E-state index in [2.05, 4.69) is 37.3 Å². The van der Waals surface area contributed by atoms with E-state index >= 15 is 0 Å². The van der Waals surface area contributed by atoms with Crippen LogP contribution in [0.25, 0.3) is 0 Å². The molecule has 2 rings (SSSR count). The van der Waals surface area contributed by atoms with Crippen LogP contribution in [0.3, 0.4) is 0 Å². The summed E-state index contributed by atoms with van der Waals surface area (Å²) in [6.07, 6.45) is 4.28. The third-order valence-corrected chi connectivity index (χ3v) is 2.94. The van der Waals surface area contributed by atoms with Crippen LogP contribution >= 0.6 is 0 Å². The molecule has 1 heterocycles. The van der Waals surface area contributed by atoms with Crippen LogP contribution in [0.4, 0.5) is 0 Å². The van der Waals surface area contributed by atoms with E-state index in [-0.39, 0.29) is 0 Å². The number of rotatable bonds is 5. The van der Waals surface area contributed by atoms with Gasteiger partial charge < -0.3 is 4.74 Å². The summed E-state index contributed by atoms with van der Waals surface area (Å²) < 4.78 is 5.28. The largest absolute Gasteiger partial charge is 0.373 e. The Bertz CT molecular complexity index is 264. The van der Waals surface area contributed by atoms with Crippen LogP contribution in [0.2, 0.25) is 0 Å². The minimum Gasteiger partial charge on any atom is -0.373 e. The smallest absolute Gasteiger partial charge is 0.0812 e. The summed E-state index contributed by atoms with van der Waals surface area (Å²) in [5.41, 5.74) is 1.46. The second-order valence-corrected chi connectivity index (χ2v) is 4.16. The molecule has 76 valence electrons. The molecule has 1 saturated heterocycles. The highest BCUT2D eigenvalue weighted by Crippen LogP contribution is 2.24. The second-order valence-electron chi connectivity index (χ2n) is 4.16. The van der Waals surface area contributed by atoms with Gasteiger partial charge in [-0.25, -0.2) is 0 Å². The van der Waals surface area contributed by atoms with E-state index in [4.69, 9.17) is 4.74 Å². The summed E-state index contributed by atoms with van der Waals surface area (Å²) in [5.74, 6) is 0.796. The van der Waals surface area contributed by atoms with Crippen LogP contribution in [0.15, 0.2) is 30.3 Å². The molecule has 14 heavy (non-hydrogen) atoms. The Labute approximate surface area is 86.1 Å². The highest BCUT2D eigenvalue weighted by atomic mass is 16.6. The molecule has 2 unspecified atom stereocenters. The molecule has 0 saturated carbocycles. The monoisotopic (exact) mass is 190 g/mol. The van der Waals surface area contributed by atoms with Crippen molar-refractivity contribution in [1.29, 1.82) is 0 Å². The van der Waals surface area contributed by atoms with Crippen molar-refractivity contribution in [3.05, 3.63) is 35.9 Å². The molecule has 1 aliphatic heterocycles. The van der Waals surface area contributed by atoms with E-state index in [0.29, 0.717) is 6.10 Å². The van der Waals surface area contributed by atoms with E-state index in [9.17, 15) is 0 Å². The van der Waals surface area contributed by atoms with Crippen LogP contribution in [0.5, 0.6) is 0 Å². The first-order valence-corrected chi connectivity index (χ1v) is 5.54. The maximum atomic E-state index is 5.28. The first kappa shape index (κ1) is 9.72. The third-order valence-electron chi connectivity index (χ3n) is 2.94. The van der Waals surface area contributed by atoms with Gasteiger partial charge in [0.15, 0.2) is 0 Å². The molecule has 1 nitrogen and oxygen atoms in total. The Morgan fingerprint density at radius 3 is 2.64 bits per heavy atom. The van der Waals surface area contributed by atoms with Crippen LogP contribution < -0.4 is 0 Å². The molecule has 0 N–H and O–H groups in total. The summed E-state index contributed by atoms with van der Waals surface area (Å²) in [7, 11) is 0. The summed E-state index contributed by atoms with van der Waals surface area (Å²) in [6, 6.07) is 10.8. The van der Waals surface area contributed by atoms with Crippen LogP contribution in [-0.2, 0) is 11.2 Å². The lowest BCUT2D eigenvalue weighted by atomic mass is 9.93. The van der Waals surface area contributed by atoms with Crippen molar-refractivity contribution >= 4 is 0 Å². The Balaban J connectivity index is 1.87. The average Bonchev–Trinajstić information content (AvgIpc) is 3.02. The molecule has 0 amide bonds. The normalized spacial score (nSPS) is 21.9.